The quantitative estimate of drug-likeness (QED) is 0.773. The Hall–Kier alpha value is -1.29. The number of hydrogen-bond donors (Lipinski definition) is 0. The van der Waals surface area contributed by atoms with E-state index in [9.17, 15) is 0 Å². The molecule has 0 spiro atoms. The highest BCUT2D eigenvalue weighted by molar-refractivity contribution is 9.10. The van der Waals surface area contributed by atoms with Gasteiger partial charge in [-0.05, 0) is 43.5 Å². The van der Waals surface area contributed by atoms with Crippen LogP contribution in [0.2, 0.25) is 0 Å². The molecule has 3 rings (SSSR count). The predicted octanol–water partition coefficient (Wildman–Crippen LogP) is 5.04. The third-order valence-electron chi connectivity index (χ3n) is 4.14. The lowest BCUT2D eigenvalue weighted by atomic mass is 9.96. The molecule has 2 aromatic rings. The van der Waals surface area contributed by atoms with Crippen molar-refractivity contribution in [2.75, 3.05) is 0 Å². The molecule has 3 nitrogen and oxygen atoms in total. The Morgan fingerprint density at radius 3 is 2.86 bits per heavy atom. The molecule has 0 N–H and O–H groups in total. The van der Waals surface area contributed by atoms with Crippen LogP contribution in [0.15, 0.2) is 34.9 Å². The van der Waals surface area contributed by atoms with Gasteiger partial charge in [-0.2, -0.15) is 5.10 Å². The number of halogens is 1. The van der Waals surface area contributed by atoms with Gasteiger partial charge in [-0.3, -0.25) is 4.68 Å². The highest BCUT2D eigenvalue weighted by atomic mass is 79.9. The van der Waals surface area contributed by atoms with Gasteiger partial charge in [0.15, 0.2) is 0 Å². The summed E-state index contributed by atoms with van der Waals surface area (Å²) in [5.74, 6) is 0.914. The number of hydrogen-bond acceptors (Lipinski definition) is 2. The summed E-state index contributed by atoms with van der Waals surface area (Å²) < 4.78 is 9.07. The first kappa shape index (κ1) is 14.6. The number of aryl methyl sites for hydroxylation is 1. The average Bonchev–Trinajstić information content (AvgIpc) is 2.98. The minimum atomic E-state index is 0.525. The van der Waals surface area contributed by atoms with Crippen LogP contribution < -0.4 is 4.74 Å². The topological polar surface area (TPSA) is 27.1 Å². The predicted molar refractivity (Wildman–Crippen MR) is 87.6 cm³/mol. The summed E-state index contributed by atoms with van der Waals surface area (Å²) in [6.45, 7) is 2.58. The SMILES string of the molecule is Cc1ccc(Br)cc1OCc1ccn(C2CCCCC2)n1. The zero-order valence-electron chi connectivity index (χ0n) is 12.4. The van der Waals surface area contributed by atoms with Gasteiger partial charge in [0.2, 0.25) is 0 Å². The Morgan fingerprint density at radius 2 is 2.05 bits per heavy atom. The average molecular weight is 349 g/mol. The van der Waals surface area contributed by atoms with Gasteiger partial charge in [0.1, 0.15) is 12.4 Å². The molecule has 0 saturated heterocycles. The summed E-state index contributed by atoms with van der Waals surface area (Å²) in [5, 5.41) is 4.68. The van der Waals surface area contributed by atoms with E-state index in [2.05, 4.69) is 51.0 Å². The molecule has 112 valence electrons. The highest BCUT2D eigenvalue weighted by Gasteiger charge is 2.16. The van der Waals surface area contributed by atoms with E-state index < -0.39 is 0 Å². The number of rotatable bonds is 4. The summed E-state index contributed by atoms with van der Waals surface area (Å²) >= 11 is 3.48. The molecule has 1 aliphatic carbocycles. The molecule has 0 bridgehead atoms. The van der Waals surface area contributed by atoms with E-state index >= 15 is 0 Å². The fraction of sp³-hybridized carbons (Fsp3) is 0.471. The Balaban J connectivity index is 1.63. The van der Waals surface area contributed by atoms with Crippen LogP contribution in [-0.4, -0.2) is 9.78 Å². The van der Waals surface area contributed by atoms with Gasteiger partial charge in [0.05, 0.1) is 11.7 Å². The third-order valence-corrected chi connectivity index (χ3v) is 4.63. The molecule has 0 amide bonds. The van der Waals surface area contributed by atoms with E-state index in [1.807, 2.05) is 12.1 Å². The van der Waals surface area contributed by atoms with Crippen molar-refractivity contribution in [1.29, 1.82) is 0 Å². The van der Waals surface area contributed by atoms with E-state index in [1.165, 1.54) is 32.1 Å². The van der Waals surface area contributed by atoms with Gasteiger partial charge in [-0.1, -0.05) is 41.3 Å². The van der Waals surface area contributed by atoms with Gasteiger partial charge in [0, 0.05) is 10.7 Å². The fourth-order valence-electron chi connectivity index (χ4n) is 2.88. The minimum Gasteiger partial charge on any atom is -0.487 e. The minimum absolute atomic E-state index is 0.525. The van der Waals surface area contributed by atoms with Crippen molar-refractivity contribution in [3.8, 4) is 5.75 Å². The molecular weight excluding hydrogens is 328 g/mol. The van der Waals surface area contributed by atoms with Crippen molar-refractivity contribution in [2.45, 2.75) is 51.7 Å². The smallest absolute Gasteiger partial charge is 0.132 e. The van der Waals surface area contributed by atoms with Gasteiger partial charge in [0.25, 0.3) is 0 Å². The van der Waals surface area contributed by atoms with Crippen molar-refractivity contribution < 1.29 is 4.74 Å². The molecule has 1 fully saturated rings. The van der Waals surface area contributed by atoms with Crippen LogP contribution in [0.5, 0.6) is 5.75 Å². The number of aromatic nitrogens is 2. The van der Waals surface area contributed by atoms with E-state index in [0.29, 0.717) is 12.6 Å². The second-order valence-electron chi connectivity index (χ2n) is 5.78. The zero-order chi connectivity index (χ0) is 14.7. The molecule has 4 heteroatoms. The van der Waals surface area contributed by atoms with Crippen molar-refractivity contribution in [3.05, 3.63) is 46.2 Å². The summed E-state index contributed by atoms with van der Waals surface area (Å²) in [4.78, 5) is 0. The number of benzene rings is 1. The first-order valence-electron chi connectivity index (χ1n) is 7.65. The zero-order valence-corrected chi connectivity index (χ0v) is 14.0. The Morgan fingerprint density at radius 1 is 1.24 bits per heavy atom. The standard InChI is InChI=1S/C17H21BrN2O/c1-13-7-8-14(18)11-17(13)21-12-15-9-10-20(19-15)16-5-3-2-4-6-16/h7-11,16H,2-6,12H2,1H3. The second-order valence-corrected chi connectivity index (χ2v) is 6.69. The van der Waals surface area contributed by atoms with Gasteiger partial charge in [-0.25, -0.2) is 0 Å². The Bertz CT molecular complexity index is 603. The van der Waals surface area contributed by atoms with Crippen molar-refractivity contribution in [3.63, 3.8) is 0 Å². The monoisotopic (exact) mass is 348 g/mol. The van der Waals surface area contributed by atoms with Crippen LogP contribution in [0.1, 0.15) is 49.4 Å². The third kappa shape index (κ3) is 3.67. The van der Waals surface area contributed by atoms with Crippen LogP contribution >= 0.6 is 15.9 Å². The first-order chi connectivity index (χ1) is 10.2. The summed E-state index contributed by atoms with van der Waals surface area (Å²) in [7, 11) is 0. The molecule has 21 heavy (non-hydrogen) atoms. The Labute approximate surface area is 134 Å². The van der Waals surface area contributed by atoms with Gasteiger partial charge in [-0.15, -0.1) is 0 Å². The van der Waals surface area contributed by atoms with E-state index in [0.717, 1.165) is 21.5 Å². The second kappa shape index (κ2) is 6.65. The van der Waals surface area contributed by atoms with Crippen LogP contribution in [0, 0.1) is 6.92 Å². The van der Waals surface area contributed by atoms with Crippen molar-refractivity contribution in [2.24, 2.45) is 0 Å². The van der Waals surface area contributed by atoms with Gasteiger partial charge < -0.3 is 4.74 Å². The highest BCUT2D eigenvalue weighted by Crippen LogP contribution is 2.28. The van der Waals surface area contributed by atoms with E-state index in [1.54, 1.807) is 0 Å². The van der Waals surface area contributed by atoms with Crippen LogP contribution in [0.4, 0.5) is 0 Å². The lowest BCUT2D eigenvalue weighted by Crippen LogP contribution is -2.13. The molecule has 0 unspecified atom stereocenters. The van der Waals surface area contributed by atoms with Crippen LogP contribution in [0.25, 0.3) is 0 Å². The molecule has 1 aromatic carbocycles. The number of ether oxygens (including phenoxy) is 1. The number of nitrogens with zero attached hydrogens (tertiary/aromatic N) is 2. The normalized spacial score (nSPS) is 16.1. The largest absolute Gasteiger partial charge is 0.487 e. The van der Waals surface area contributed by atoms with Crippen LogP contribution in [-0.2, 0) is 6.61 Å². The Kier molecular flexibility index (Phi) is 4.63. The summed E-state index contributed by atoms with van der Waals surface area (Å²) in [6.07, 6.45) is 8.64. The fourth-order valence-corrected chi connectivity index (χ4v) is 3.22. The molecule has 0 atom stereocenters. The molecule has 1 aliphatic rings. The molecule has 0 radical (unpaired) electrons. The molecule has 0 aliphatic heterocycles. The van der Waals surface area contributed by atoms with E-state index in [4.69, 9.17) is 4.74 Å². The first-order valence-corrected chi connectivity index (χ1v) is 8.44. The molecule has 1 aromatic heterocycles. The maximum absolute atomic E-state index is 5.90. The maximum Gasteiger partial charge on any atom is 0.132 e. The van der Waals surface area contributed by atoms with Gasteiger partial charge >= 0.3 is 0 Å². The van der Waals surface area contributed by atoms with E-state index in [-0.39, 0.29) is 0 Å². The molecular formula is C17H21BrN2O. The molecule has 1 heterocycles. The summed E-state index contributed by atoms with van der Waals surface area (Å²) in [6, 6.07) is 8.75. The van der Waals surface area contributed by atoms with Crippen LogP contribution in [0.3, 0.4) is 0 Å². The summed E-state index contributed by atoms with van der Waals surface area (Å²) in [5.41, 5.74) is 2.14. The van der Waals surface area contributed by atoms with Crippen molar-refractivity contribution in [1.82, 2.24) is 9.78 Å². The van der Waals surface area contributed by atoms with Crippen molar-refractivity contribution >= 4 is 15.9 Å². The molecule has 1 saturated carbocycles. The lowest BCUT2D eigenvalue weighted by molar-refractivity contribution is 0.289. The maximum atomic E-state index is 5.90. The lowest BCUT2D eigenvalue weighted by Gasteiger charge is -2.21.